The van der Waals surface area contributed by atoms with Crippen LogP contribution in [0.3, 0.4) is 0 Å². The monoisotopic (exact) mass is 169 g/mol. The van der Waals surface area contributed by atoms with Gasteiger partial charge in [0, 0.05) is 12.0 Å². The average molecular weight is 169 g/mol. The molecule has 70 valence electrons. The predicted molar refractivity (Wildman–Crippen MR) is 49.2 cm³/mol. The largest absolute Gasteiger partial charge is 0.380 e. The highest BCUT2D eigenvalue weighted by molar-refractivity contribution is 4.88. The van der Waals surface area contributed by atoms with Gasteiger partial charge in [0.05, 0.1) is 13.2 Å². The molecule has 0 N–H and O–H groups in total. The smallest absolute Gasteiger partial charge is 0.0557 e. The Morgan fingerprint density at radius 2 is 1.92 bits per heavy atom. The maximum Gasteiger partial charge on any atom is 0.0557 e. The van der Waals surface area contributed by atoms with Crippen molar-refractivity contribution in [2.45, 2.75) is 26.2 Å². The first-order valence-electron chi connectivity index (χ1n) is 5.15. The van der Waals surface area contributed by atoms with E-state index in [-0.39, 0.29) is 0 Å². The molecule has 0 atom stereocenters. The van der Waals surface area contributed by atoms with E-state index in [1.807, 2.05) is 0 Å². The van der Waals surface area contributed by atoms with Crippen molar-refractivity contribution in [2.24, 2.45) is 5.41 Å². The Labute approximate surface area is 74.9 Å². The van der Waals surface area contributed by atoms with Crippen LogP contribution in [-0.4, -0.2) is 37.7 Å². The second-order valence-electron chi connectivity index (χ2n) is 4.33. The molecule has 0 amide bonds. The first kappa shape index (κ1) is 8.52. The highest BCUT2D eigenvalue weighted by Gasteiger charge is 2.38. The van der Waals surface area contributed by atoms with E-state index in [1.54, 1.807) is 0 Å². The molecule has 2 heterocycles. The first-order valence-corrected chi connectivity index (χ1v) is 5.15. The van der Waals surface area contributed by atoms with Gasteiger partial charge in [0.2, 0.25) is 0 Å². The van der Waals surface area contributed by atoms with Crippen LogP contribution < -0.4 is 0 Å². The van der Waals surface area contributed by atoms with E-state index in [4.69, 9.17) is 4.74 Å². The molecule has 2 heteroatoms. The standard InChI is InChI=1S/C10H19NO/c1-2-10(8-12-9-10)7-11-5-3-4-6-11/h2-9H2,1H3. The third-order valence-electron chi connectivity index (χ3n) is 3.32. The minimum absolute atomic E-state index is 0.532. The second-order valence-corrected chi connectivity index (χ2v) is 4.33. The Bertz CT molecular complexity index is 142. The van der Waals surface area contributed by atoms with Crippen LogP contribution in [0, 0.1) is 5.41 Å². The Balaban J connectivity index is 1.83. The Morgan fingerprint density at radius 3 is 2.33 bits per heavy atom. The maximum atomic E-state index is 5.31. The normalized spacial score (nSPS) is 28.8. The molecule has 2 nitrogen and oxygen atoms in total. The molecular weight excluding hydrogens is 150 g/mol. The predicted octanol–water partition coefficient (Wildman–Crippen LogP) is 1.51. The molecule has 0 bridgehead atoms. The molecule has 2 fully saturated rings. The summed E-state index contributed by atoms with van der Waals surface area (Å²) >= 11 is 0. The van der Waals surface area contributed by atoms with Crippen LogP contribution in [0.5, 0.6) is 0 Å². The van der Waals surface area contributed by atoms with Crippen molar-refractivity contribution in [2.75, 3.05) is 32.8 Å². The van der Waals surface area contributed by atoms with Crippen LogP contribution in [0.4, 0.5) is 0 Å². The van der Waals surface area contributed by atoms with E-state index in [1.165, 1.54) is 38.9 Å². The fourth-order valence-electron chi connectivity index (χ4n) is 2.21. The Hall–Kier alpha value is -0.0800. The van der Waals surface area contributed by atoms with Gasteiger partial charge in [-0.25, -0.2) is 0 Å². The fourth-order valence-corrected chi connectivity index (χ4v) is 2.21. The van der Waals surface area contributed by atoms with Crippen LogP contribution in [0.15, 0.2) is 0 Å². The quantitative estimate of drug-likeness (QED) is 0.635. The maximum absolute atomic E-state index is 5.31. The molecule has 0 aromatic heterocycles. The van der Waals surface area contributed by atoms with Crippen LogP contribution in [0.2, 0.25) is 0 Å². The second kappa shape index (κ2) is 3.35. The number of hydrogen-bond acceptors (Lipinski definition) is 2. The lowest BCUT2D eigenvalue weighted by Gasteiger charge is -2.43. The highest BCUT2D eigenvalue weighted by atomic mass is 16.5. The average Bonchev–Trinajstić information content (AvgIpc) is 2.49. The lowest BCUT2D eigenvalue weighted by Crippen LogP contribution is -2.49. The van der Waals surface area contributed by atoms with Crippen molar-refractivity contribution >= 4 is 0 Å². The molecule has 2 saturated heterocycles. The van der Waals surface area contributed by atoms with Gasteiger partial charge in [-0.05, 0) is 32.4 Å². The summed E-state index contributed by atoms with van der Waals surface area (Å²) in [5.74, 6) is 0. The van der Waals surface area contributed by atoms with Gasteiger partial charge >= 0.3 is 0 Å². The van der Waals surface area contributed by atoms with E-state index < -0.39 is 0 Å². The van der Waals surface area contributed by atoms with Crippen molar-refractivity contribution in [3.05, 3.63) is 0 Å². The van der Waals surface area contributed by atoms with E-state index in [2.05, 4.69) is 11.8 Å². The van der Waals surface area contributed by atoms with Crippen LogP contribution in [0.1, 0.15) is 26.2 Å². The molecule has 2 rings (SSSR count). The Morgan fingerprint density at radius 1 is 1.25 bits per heavy atom. The van der Waals surface area contributed by atoms with Gasteiger partial charge in [0.1, 0.15) is 0 Å². The van der Waals surface area contributed by atoms with E-state index >= 15 is 0 Å². The number of hydrogen-bond donors (Lipinski definition) is 0. The lowest BCUT2D eigenvalue weighted by molar-refractivity contribution is -0.126. The van der Waals surface area contributed by atoms with Crippen molar-refractivity contribution in [3.63, 3.8) is 0 Å². The van der Waals surface area contributed by atoms with Crippen LogP contribution in [0.25, 0.3) is 0 Å². The fraction of sp³-hybridized carbons (Fsp3) is 1.00. The summed E-state index contributed by atoms with van der Waals surface area (Å²) in [7, 11) is 0. The van der Waals surface area contributed by atoms with E-state index in [0.717, 1.165) is 13.2 Å². The molecule has 0 aromatic carbocycles. The molecule has 0 saturated carbocycles. The number of nitrogens with zero attached hydrogens (tertiary/aromatic N) is 1. The van der Waals surface area contributed by atoms with E-state index in [9.17, 15) is 0 Å². The summed E-state index contributed by atoms with van der Waals surface area (Å²) in [6.45, 7) is 8.21. The topological polar surface area (TPSA) is 12.5 Å². The number of rotatable bonds is 3. The SMILES string of the molecule is CCC1(CN2CCCC2)COC1. The van der Waals surface area contributed by atoms with Crippen molar-refractivity contribution in [1.29, 1.82) is 0 Å². The number of ether oxygens (including phenoxy) is 1. The summed E-state index contributed by atoms with van der Waals surface area (Å²) in [5, 5.41) is 0. The van der Waals surface area contributed by atoms with Crippen molar-refractivity contribution in [3.8, 4) is 0 Å². The van der Waals surface area contributed by atoms with Crippen LogP contribution >= 0.6 is 0 Å². The zero-order chi connectivity index (χ0) is 8.44. The highest BCUT2D eigenvalue weighted by Crippen LogP contribution is 2.32. The molecule has 0 radical (unpaired) electrons. The molecule has 0 unspecified atom stereocenters. The van der Waals surface area contributed by atoms with Crippen LogP contribution in [-0.2, 0) is 4.74 Å². The molecule has 2 aliphatic heterocycles. The zero-order valence-electron chi connectivity index (χ0n) is 8.01. The van der Waals surface area contributed by atoms with Crippen molar-refractivity contribution < 1.29 is 4.74 Å². The van der Waals surface area contributed by atoms with E-state index in [0.29, 0.717) is 5.41 Å². The minimum Gasteiger partial charge on any atom is -0.380 e. The van der Waals surface area contributed by atoms with Gasteiger partial charge in [0.25, 0.3) is 0 Å². The van der Waals surface area contributed by atoms with Crippen molar-refractivity contribution in [1.82, 2.24) is 4.90 Å². The summed E-state index contributed by atoms with van der Waals surface area (Å²) in [6.07, 6.45) is 4.09. The third kappa shape index (κ3) is 1.50. The molecule has 0 aliphatic carbocycles. The zero-order valence-corrected chi connectivity index (χ0v) is 8.01. The summed E-state index contributed by atoms with van der Waals surface area (Å²) in [4.78, 5) is 2.60. The molecule has 2 aliphatic rings. The Kier molecular flexibility index (Phi) is 2.37. The first-order chi connectivity index (χ1) is 5.85. The number of likely N-dealkylation sites (tertiary alicyclic amines) is 1. The molecule has 0 spiro atoms. The van der Waals surface area contributed by atoms with Gasteiger partial charge in [-0.2, -0.15) is 0 Å². The molecule has 0 aromatic rings. The lowest BCUT2D eigenvalue weighted by atomic mass is 9.83. The molecular formula is C10H19NO. The van der Waals surface area contributed by atoms with Gasteiger partial charge < -0.3 is 9.64 Å². The van der Waals surface area contributed by atoms with Gasteiger partial charge in [-0.1, -0.05) is 6.92 Å². The molecule has 12 heavy (non-hydrogen) atoms. The van der Waals surface area contributed by atoms with Gasteiger partial charge in [-0.3, -0.25) is 0 Å². The van der Waals surface area contributed by atoms with Gasteiger partial charge in [-0.15, -0.1) is 0 Å². The summed E-state index contributed by atoms with van der Waals surface area (Å²) < 4.78 is 5.31. The minimum atomic E-state index is 0.532. The summed E-state index contributed by atoms with van der Waals surface area (Å²) in [5.41, 5.74) is 0.532. The third-order valence-corrected chi connectivity index (χ3v) is 3.32. The summed E-state index contributed by atoms with van der Waals surface area (Å²) in [6, 6.07) is 0. The van der Waals surface area contributed by atoms with Gasteiger partial charge in [0.15, 0.2) is 0 Å².